The van der Waals surface area contributed by atoms with Crippen LogP contribution in [0.1, 0.15) is 18.0 Å². The Morgan fingerprint density at radius 2 is 2.45 bits per heavy atom. The number of carbonyl (C=O) groups excluding carboxylic acids is 1. The summed E-state index contributed by atoms with van der Waals surface area (Å²) in [4.78, 5) is 28.7. The first-order chi connectivity index (χ1) is 9.63. The maximum absolute atomic E-state index is 10.7. The highest BCUT2D eigenvalue weighted by molar-refractivity contribution is 5.75. The Kier molecular flexibility index (Phi) is 5.82. The molecule has 20 heavy (non-hydrogen) atoms. The fourth-order valence-electron chi connectivity index (χ4n) is 1.50. The van der Waals surface area contributed by atoms with E-state index in [9.17, 15) is 14.9 Å². The standard InChI is InChI=1S/C12H14N4O4/c1-20-12-10(3-2-5-14-12)11(4-6-17)15-8-9(7-13)16(18)19/h2-3,5-8,11H,4,13H2,1H3/b9-7+,15-8?. The average Bonchev–Trinajstić information content (AvgIpc) is 2.46. The molecule has 8 nitrogen and oxygen atoms in total. The van der Waals surface area contributed by atoms with E-state index in [1.54, 1.807) is 12.1 Å². The van der Waals surface area contributed by atoms with Gasteiger partial charge in [-0.15, -0.1) is 0 Å². The highest BCUT2D eigenvalue weighted by atomic mass is 16.6. The van der Waals surface area contributed by atoms with Gasteiger partial charge in [-0.2, -0.15) is 0 Å². The van der Waals surface area contributed by atoms with Gasteiger partial charge in [-0.05, 0) is 12.1 Å². The van der Waals surface area contributed by atoms with Crippen molar-refractivity contribution in [2.45, 2.75) is 12.5 Å². The second kappa shape index (κ2) is 7.62. The van der Waals surface area contributed by atoms with Crippen molar-refractivity contribution in [1.82, 2.24) is 4.98 Å². The minimum absolute atomic E-state index is 0.0497. The van der Waals surface area contributed by atoms with Gasteiger partial charge in [0.1, 0.15) is 12.5 Å². The van der Waals surface area contributed by atoms with Crippen LogP contribution in [0.4, 0.5) is 0 Å². The lowest BCUT2D eigenvalue weighted by molar-refractivity contribution is -0.414. The number of rotatable bonds is 7. The lowest BCUT2D eigenvalue weighted by Gasteiger charge is -2.12. The number of hydrogen-bond acceptors (Lipinski definition) is 7. The predicted octanol–water partition coefficient (Wildman–Crippen LogP) is 0.868. The first kappa shape index (κ1) is 15.3. The third kappa shape index (κ3) is 3.87. The van der Waals surface area contributed by atoms with E-state index >= 15 is 0 Å². The zero-order valence-electron chi connectivity index (χ0n) is 10.8. The van der Waals surface area contributed by atoms with Crippen molar-refractivity contribution >= 4 is 12.5 Å². The Balaban J connectivity index is 3.09. The quantitative estimate of drug-likeness (QED) is 0.342. The first-order valence-corrected chi connectivity index (χ1v) is 5.66. The van der Waals surface area contributed by atoms with Gasteiger partial charge in [0.25, 0.3) is 0 Å². The molecule has 1 atom stereocenters. The van der Waals surface area contributed by atoms with Crippen molar-refractivity contribution < 1.29 is 14.5 Å². The number of pyridine rings is 1. The van der Waals surface area contributed by atoms with Gasteiger partial charge >= 0.3 is 5.70 Å². The Bertz CT molecular complexity index is 542. The largest absolute Gasteiger partial charge is 0.481 e. The fraction of sp³-hybridized carbons (Fsp3) is 0.250. The Hall–Kier alpha value is -2.77. The number of nitrogens with zero attached hydrogens (tertiary/aromatic N) is 3. The second-order valence-electron chi connectivity index (χ2n) is 3.65. The van der Waals surface area contributed by atoms with Crippen molar-refractivity contribution in [3.05, 3.63) is 45.9 Å². The van der Waals surface area contributed by atoms with Crippen LogP contribution in [0.15, 0.2) is 35.2 Å². The van der Waals surface area contributed by atoms with Gasteiger partial charge in [0.15, 0.2) is 0 Å². The fourth-order valence-corrected chi connectivity index (χ4v) is 1.50. The topological polar surface area (TPSA) is 121 Å². The molecular formula is C12H14N4O4. The van der Waals surface area contributed by atoms with Gasteiger partial charge in [-0.1, -0.05) is 0 Å². The molecule has 0 spiro atoms. The summed E-state index contributed by atoms with van der Waals surface area (Å²) < 4.78 is 5.08. The highest BCUT2D eigenvalue weighted by Crippen LogP contribution is 2.27. The minimum atomic E-state index is -0.665. The van der Waals surface area contributed by atoms with Crippen molar-refractivity contribution in [3.63, 3.8) is 0 Å². The molecule has 0 aromatic carbocycles. The summed E-state index contributed by atoms with van der Waals surface area (Å²) in [5.41, 5.74) is 5.34. The molecule has 0 fully saturated rings. The maximum Gasteiger partial charge on any atom is 0.302 e. The van der Waals surface area contributed by atoms with Crippen LogP contribution >= 0.6 is 0 Å². The number of carbonyl (C=O) groups is 1. The number of nitrogens with two attached hydrogens (primary N) is 1. The number of aliphatic imine (C=N–C) groups is 1. The van der Waals surface area contributed by atoms with Crippen LogP contribution in [0.25, 0.3) is 0 Å². The average molecular weight is 278 g/mol. The molecule has 0 saturated carbocycles. The van der Waals surface area contributed by atoms with E-state index < -0.39 is 11.0 Å². The molecule has 1 aromatic rings. The number of methoxy groups -OCH3 is 1. The van der Waals surface area contributed by atoms with Gasteiger partial charge in [-0.25, -0.2) is 4.98 Å². The van der Waals surface area contributed by atoms with Crippen LogP contribution in [-0.4, -0.2) is 29.5 Å². The van der Waals surface area contributed by atoms with Gasteiger partial charge in [0, 0.05) is 18.2 Å². The summed E-state index contributed by atoms with van der Waals surface area (Å²) in [5.74, 6) is 0.316. The Morgan fingerprint density at radius 1 is 1.70 bits per heavy atom. The molecule has 0 saturated heterocycles. The third-order valence-electron chi connectivity index (χ3n) is 2.44. The van der Waals surface area contributed by atoms with Crippen molar-refractivity contribution in [3.8, 4) is 5.88 Å². The predicted molar refractivity (Wildman–Crippen MR) is 72.0 cm³/mol. The third-order valence-corrected chi connectivity index (χ3v) is 2.44. The second-order valence-corrected chi connectivity index (χ2v) is 3.65. The van der Waals surface area contributed by atoms with Crippen LogP contribution in [0.2, 0.25) is 0 Å². The molecule has 1 rings (SSSR count). The molecule has 1 heterocycles. The first-order valence-electron chi connectivity index (χ1n) is 5.66. The van der Waals surface area contributed by atoms with E-state index in [0.717, 1.165) is 12.4 Å². The monoisotopic (exact) mass is 278 g/mol. The van der Waals surface area contributed by atoms with Crippen LogP contribution in [0, 0.1) is 10.1 Å². The molecule has 0 aliphatic heterocycles. The summed E-state index contributed by atoms with van der Waals surface area (Å²) in [6, 6.07) is 2.74. The van der Waals surface area contributed by atoms with Crippen LogP contribution < -0.4 is 10.5 Å². The van der Waals surface area contributed by atoms with Crippen LogP contribution in [0.5, 0.6) is 5.88 Å². The van der Waals surface area contributed by atoms with Gasteiger partial charge < -0.3 is 15.3 Å². The summed E-state index contributed by atoms with van der Waals surface area (Å²) in [7, 11) is 1.44. The maximum atomic E-state index is 10.7. The van der Waals surface area contributed by atoms with E-state index in [1.807, 2.05) is 0 Å². The molecule has 8 heteroatoms. The van der Waals surface area contributed by atoms with E-state index in [1.165, 1.54) is 13.3 Å². The van der Waals surface area contributed by atoms with E-state index in [0.29, 0.717) is 17.7 Å². The number of ether oxygens (including phenoxy) is 1. The van der Waals surface area contributed by atoms with E-state index in [4.69, 9.17) is 10.5 Å². The normalized spacial score (nSPS) is 13.2. The molecule has 2 N–H and O–H groups in total. The number of aromatic nitrogens is 1. The highest BCUT2D eigenvalue weighted by Gasteiger charge is 2.16. The molecule has 1 aromatic heterocycles. The Morgan fingerprint density at radius 3 is 3.00 bits per heavy atom. The molecule has 106 valence electrons. The molecule has 0 aliphatic rings. The molecule has 0 bridgehead atoms. The van der Waals surface area contributed by atoms with Crippen LogP contribution in [-0.2, 0) is 4.79 Å². The molecular weight excluding hydrogens is 264 g/mol. The summed E-state index contributed by atoms with van der Waals surface area (Å²) in [5, 5.41) is 10.6. The summed E-state index contributed by atoms with van der Waals surface area (Å²) in [6.45, 7) is 0. The SMILES string of the molecule is COc1ncccc1C(CC=O)N=C/C(=C\N)[N+](=O)[O-]. The van der Waals surface area contributed by atoms with Gasteiger partial charge in [0.05, 0.1) is 24.3 Å². The molecule has 0 radical (unpaired) electrons. The van der Waals surface area contributed by atoms with Gasteiger partial charge in [-0.3, -0.25) is 15.1 Å². The zero-order valence-corrected chi connectivity index (χ0v) is 10.8. The molecule has 0 amide bonds. The van der Waals surface area contributed by atoms with E-state index in [2.05, 4.69) is 9.98 Å². The molecule has 0 aliphatic carbocycles. The van der Waals surface area contributed by atoms with Crippen LogP contribution in [0.3, 0.4) is 0 Å². The number of nitro groups is 1. The smallest absolute Gasteiger partial charge is 0.302 e. The lowest BCUT2D eigenvalue weighted by Crippen LogP contribution is -2.06. The zero-order chi connectivity index (χ0) is 15.0. The summed E-state index contributed by atoms with van der Waals surface area (Å²) >= 11 is 0. The van der Waals surface area contributed by atoms with Gasteiger partial charge in [0.2, 0.25) is 5.88 Å². The number of aldehydes is 1. The van der Waals surface area contributed by atoms with Crippen molar-refractivity contribution in [2.75, 3.05) is 7.11 Å². The number of hydrogen-bond donors (Lipinski definition) is 1. The van der Waals surface area contributed by atoms with Crippen molar-refractivity contribution in [2.24, 2.45) is 10.7 Å². The number of allylic oxidation sites excluding steroid dienone is 1. The van der Waals surface area contributed by atoms with E-state index in [-0.39, 0.29) is 12.1 Å². The van der Waals surface area contributed by atoms with Crippen molar-refractivity contribution in [1.29, 1.82) is 0 Å². The minimum Gasteiger partial charge on any atom is -0.481 e. The summed E-state index contributed by atoms with van der Waals surface area (Å²) in [6.07, 6.45) is 4.11. The Labute approximate surface area is 115 Å². The lowest BCUT2D eigenvalue weighted by atomic mass is 10.1. The molecule has 1 unspecified atom stereocenters.